The molecule has 2 atom stereocenters. The maximum absolute atomic E-state index is 11.8. The molecule has 0 aromatic carbocycles. The van der Waals surface area contributed by atoms with Crippen molar-refractivity contribution in [2.75, 3.05) is 13.2 Å². The van der Waals surface area contributed by atoms with Crippen LogP contribution in [0.15, 0.2) is 0 Å². The van der Waals surface area contributed by atoms with Crippen molar-refractivity contribution < 1.29 is 9.53 Å². The SMILES string of the molecule is C[C@@]1(C(=O)NC[C@@H]2CCCO2)CC1(Cl)Cl. The zero-order valence-electron chi connectivity index (χ0n) is 8.69. The summed E-state index contributed by atoms with van der Waals surface area (Å²) in [7, 11) is 0. The third kappa shape index (κ3) is 2.10. The van der Waals surface area contributed by atoms with Gasteiger partial charge in [0.2, 0.25) is 5.91 Å². The standard InChI is InChI=1S/C10H15Cl2NO2/c1-9(6-10(9,11)12)8(14)13-5-7-3-2-4-15-7/h7H,2-6H2,1H3,(H,13,14)/t7-,9-/m0/s1. The first-order chi connectivity index (χ1) is 6.96. The molecule has 86 valence electrons. The van der Waals surface area contributed by atoms with E-state index in [1.807, 2.05) is 0 Å². The Kier molecular flexibility index (Phi) is 2.91. The normalized spacial score (nSPS) is 37.7. The molecule has 1 saturated carbocycles. The van der Waals surface area contributed by atoms with E-state index in [4.69, 9.17) is 27.9 Å². The van der Waals surface area contributed by atoms with Crippen molar-refractivity contribution in [3.8, 4) is 0 Å². The number of carbonyl (C=O) groups is 1. The first-order valence-corrected chi connectivity index (χ1v) is 5.99. The number of rotatable bonds is 3. The lowest BCUT2D eigenvalue weighted by Crippen LogP contribution is -2.38. The second-order valence-electron chi connectivity index (χ2n) is 4.56. The number of halogens is 2. The third-order valence-corrected chi connectivity index (χ3v) is 4.37. The van der Waals surface area contributed by atoms with Gasteiger partial charge in [0.05, 0.1) is 11.5 Å². The number of hydrogen-bond donors (Lipinski definition) is 1. The molecule has 1 heterocycles. The molecule has 0 aromatic rings. The van der Waals surface area contributed by atoms with Crippen molar-refractivity contribution in [2.24, 2.45) is 5.41 Å². The number of amides is 1. The highest BCUT2D eigenvalue weighted by molar-refractivity contribution is 6.53. The number of hydrogen-bond acceptors (Lipinski definition) is 2. The van der Waals surface area contributed by atoms with Gasteiger partial charge in [-0.2, -0.15) is 0 Å². The Morgan fingerprint density at radius 3 is 2.73 bits per heavy atom. The van der Waals surface area contributed by atoms with E-state index in [0.29, 0.717) is 13.0 Å². The number of ether oxygens (including phenoxy) is 1. The maximum Gasteiger partial charge on any atom is 0.229 e. The topological polar surface area (TPSA) is 38.3 Å². The first kappa shape index (κ1) is 11.5. The summed E-state index contributed by atoms with van der Waals surface area (Å²) < 4.78 is 4.53. The van der Waals surface area contributed by atoms with Crippen LogP contribution in [0.5, 0.6) is 0 Å². The van der Waals surface area contributed by atoms with Gasteiger partial charge in [-0.3, -0.25) is 4.79 Å². The molecule has 5 heteroatoms. The predicted octanol–water partition coefficient (Wildman–Crippen LogP) is 1.87. The van der Waals surface area contributed by atoms with Gasteiger partial charge in [0.25, 0.3) is 0 Å². The largest absolute Gasteiger partial charge is 0.376 e. The molecule has 0 radical (unpaired) electrons. The van der Waals surface area contributed by atoms with E-state index in [-0.39, 0.29) is 12.0 Å². The van der Waals surface area contributed by atoms with Gasteiger partial charge in [-0.1, -0.05) is 0 Å². The Labute approximate surface area is 99.4 Å². The molecule has 2 fully saturated rings. The molecule has 0 aromatic heterocycles. The Morgan fingerprint density at radius 1 is 1.60 bits per heavy atom. The number of alkyl halides is 2. The molecule has 1 aliphatic carbocycles. The van der Waals surface area contributed by atoms with E-state index in [2.05, 4.69) is 5.32 Å². The van der Waals surface area contributed by atoms with Gasteiger partial charge in [0.1, 0.15) is 4.33 Å². The lowest BCUT2D eigenvalue weighted by molar-refractivity contribution is -0.126. The molecule has 1 N–H and O–H groups in total. The van der Waals surface area contributed by atoms with Crippen molar-refractivity contribution in [2.45, 2.75) is 36.6 Å². The fourth-order valence-corrected chi connectivity index (χ4v) is 2.56. The molecule has 0 unspecified atom stereocenters. The first-order valence-electron chi connectivity index (χ1n) is 5.23. The van der Waals surface area contributed by atoms with Crippen LogP contribution in [0.2, 0.25) is 0 Å². The fraction of sp³-hybridized carbons (Fsp3) is 0.900. The van der Waals surface area contributed by atoms with Gasteiger partial charge >= 0.3 is 0 Å². The van der Waals surface area contributed by atoms with E-state index in [1.54, 1.807) is 6.92 Å². The fourth-order valence-electron chi connectivity index (χ4n) is 1.85. The molecular weight excluding hydrogens is 237 g/mol. The zero-order chi connectivity index (χ0) is 11.1. The summed E-state index contributed by atoms with van der Waals surface area (Å²) in [6, 6.07) is 0. The van der Waals surface area contributed by atoms with E-state index in [9.17, 15) is 4.79 Å². The van der Waals surface area contributed by atoms with Gasteiger partial charge in [0, 0.05) is 13.2 Å². The Morgan fingerprint density at radius 2 is 2.27 bits per heavy atom. The molecule has 1 amide bonds. The zero-order valence-corrected chi connectivity index (χ0v) is 10.2. The molecular formula is C10H15Cl2NO2. The summed E-state index contributed by atoms with van der Waals surface area (Å²) in [6.45, 7) is 3.16. The van der Waals surface area contributed by atoms with Crippen LogP contribution in [-0.2, 0) is 9.53 Å². The van der Waals surface area contributed by atoms with Crippen molar-refractivity contribution >= 4 is 29.1 Å². The molecule has 0 spiro atoms. The highest BCUT2D eigenvalue weighted by Gasteiger charge is 2.67. The Hall–Kier alpha value is 0.01000. The number of nitrogens with one attached hydrogen (secondary N) is 1. The maximum atomic E-state index is 11.8. The summed E-state index contributed by atoms with van der Waals surface area (Å²) in [5.41, 5.74) is -0.616. The quantitative estimate of drug-likeness (QED) is 0.778. The lowest BCUT2D eigenvalue weighted by atomic mass is 10.1. The second-order valence-corrected chi connectivity index (χ2v) is 6.04. The minimum atomic E-state index is -0.881. The molecule has 1 saturated heterocycles. The van der Waals surface area contributed by atoms with Gasteiger partial charge in [-0.15, -0.1) is 23.2 Å². The molecule has 1 aliphatic heterocycles. The molecule has 2 aliphatic rings. The van der Waals surface area contributed by atoms with Gasteiger partial charge in [-0.25, -0.2) is 0 Å². The van der Waals surface area contributed by atoms with Crippen LogP contribution in [0, 0.1) is 5.41 Å². The summed E-state index contributed by atoms with van der Waals surface area (Å²) in [5, 5.41) is 2.85. The average Bonchev–Trinajstić information content (AvgIpc) is 2.57. The van der Waals surface area contributed by atoms with Crippen LogP contribution in [0.1, 0.15) is 26.2 Å². The predicted molar refractivity (Wildman–Crippen MR) is 59.1 cm³/mol. The van der Waals surface area contributed by atoms with Gasteiger partial charge < -0.3 is 10.1 Å². The van der Waals surface area contributed by atoms with Crippen LogP contribution in [-0.4, -0.2) is 29.5 Å². The van der Waals surface area contributed by atoms with E-state index < -0.39 is 9.75 Å². The minimum Gasteiger partial charge on any atom is -0.376 e. The van der Waals surface area contributed by atoms with Crippen LogP contribution >= 0.6 is 23.2 Å². The van der Waals surface area contributed by atoms with E-state index in [0.717, 1.165) is 19.4 Å². The van der Waals surface area contributed by atoms with Crippen molar-refractivity contribution in [1.82, 2.24) is 5.32 Å². The minimum absolute atomic E-state index is 0.0667. The second kappa shape index (κ2) is 3.79. The average molecular weight is 252 g/mol. The van der Waals surface area contributed by atoms with E-state index >= 15 is 0 Å². The van der Waals surface area contributed by atoms with Gasteiger partial charge in [-0.05, 0) is 26.2 Å². The van der Waals surface area contributed by atoms with Crippen molar-refractivity contribution in [3.05, 3.63) is 0 Å². The van der Waals surface area contributed by atoms with Crippen molar-refractivity contribution in [1.29, 1.82) is 0 Å². The summed E-state index contributed by atoms with van der Waals surface area (Å²) in [5.74, 6) is -0.0667. The molecule has 0 bridgehead atoms. The monoisotopic (exact) mass is 251 g/mol. The van der Waals surface area contributed by atoms with Crippen molar-refractivity contribution in [3.63, 3.8) is 0 Å². The van der Waals surface area contributed by atoms with Gasteiger partial charge in [0.15, 0.2) is 0 Å². The molecule has 15 heavy (non-hydrogen) atoms. The summed E-state index contributed by atoms with van der Waals surface area (Å²) in [4.78, 5) is 11.8. The lowest BCUT2D eigenvalue weighted by Gasteiger charge is -2.15. The van der Waals surface area contributed by atoms with Crippen LogP contribution in [0.3, 0.4) is 0 Å². The summed E-state index contributed by atoms with van der Waals surface area (Å²) >= 11 is 11.8. The third-order valence-electron chi connectivity index (χ3n) is 3.27. The highest BCUT2D eigenvalue weighted by Crippen LogP contribution is 2.63. The van der Waals surface area contributed by atoms with Crippen LogP contribution in [0.4, 0.5) is 0 Å². The summed E-state index contributed by atoms with van der Waals surface area (Å²) in [6.07, 6.45) is 2.79. The molecule has 3 nitrogen and oxygen atoms in total. The Balaban J connectivity index is 1.78. The highest BCUT2D eigenvalue weighted by atomic mass is 35.5. The molecule has 2 rings (SSSR count). The Bertz CT molecular complexity index is 277. The number of carbonyl (C=O) groups excluding carboxylic acids is 1. The van der Waals surface area contributed by atoms with Crippen LogP contribution in [0.25, 0.3) is 0 Å². The van der Waals surface area contributed by atoms with E-state index in [1.165, 1.54) is 0 Å². The van der Waals surface area contributed by atoms with Crippen LogP contribution < -0.4 is 5.32 Å². The smallest absolute Gasteiger partial charge is 0.229 e.